The highest BCUT2D eigenvalue weighted by atomic mass is 19.2. The minimum absolute atomic E-state index is 0.0218. The molecule has 2 atom stereocenters. The van der Waals surface area contributed by atoms with Gasteiger partial charge in [-0.15, -0.1) is 0 Å². The van der Waals surface area contributed by atoms with Crippen LogP contribution in [0.2, 0.25) is 0 Å². The molecule has 0 aliphatic heterocycles. The van der Waals surface area contributed by atoms with Crippen LogP contribution >= 0.6 is 0 Å². The Labute approximate surface area is 106 Å². The number of benzene rings is 1. The van der Waals surface area contributed by atoms with Gasteiger partial charge in [0.1, 0.15) is 0 Å². The van der Waals surface area contributed by atoms with E-state index in [0.29, 0.717) is 6.61 Å². The summed E-state index contributed by atoms with van der Waals surface area (Å²) in [5.41, 5.74) is -0.0218. The standard InChI is InChI=1S/C13H19F2NO2/c1-9(8-18-3)16(2)7-12(17)10-5-4-6-11(14)13(10)15/h4-6,9,12,17H,7-8H2,1-3H3. The van der Waals surface area contributed by atoms with Gasteiger partial charge in [-0.05, 0) is 20.0 Å². The molecule has 0 spiro atoms. The highest BCUT2D eigenvalue weighted by molar-refractivity contribution is 5.21. The van der Waals surface area contributed by atoms with E-state index >= 15 is 0 Å². The Hall–Kier alpha value is -1.04. The molecule has 1 N–H and O–H groups in total. The maximum absolute atomic E-state index is 13.5. The average molecular weight is 259 g/mol. The molecule has 0 heterocycles. The Kier molecular flexibility index (Phi) is 5.65. The fraction of sp³-hybridized carbons (Fsp3) is 0.538. The van der Waals surface area contributed by atoms with Crippen molar-refractivity contribution in [1.82, 2.24) is 4.90 Å². The van der Waals surface area contributed by atoms with E-state index in [1.165, 1.54) is 12.1 Å². The molecule has 0 radical (unpaired) electrons. The molecule has 0 aliphatic carbocycles. The summed E-state index contributed by atoms with van der Waals surface area (Å²) in [5, 5.41) is 9.92. The van der Waals surface area contributed by atoms with E-state index in [0.717, 1.165) is 6.07 Å². The maximum Gasteiger partial charge on any atom is 0.164 e. The van der Waals surface area contributed by atoms with E-state index in [1.54, 1.807) is 14.2 Å². The van der Waals surface area contributed by atoms with E-state index in [1.807, 2.05) is 11.8 Å². The quantitative estimate of drug-likeness (QED) is 0.847. The van der Waals surface area contributed by atoms with E-state index in [9.17, 15) is 13.9 Å². The first kappa shape index (κ1) is 15.0. The molecule has 0 saturated carbocycles. The molecular weight excluding hydrogens is 240 g/mol. The molecule has 3 nitrogen and oxygen atoms in total. The molecule has 2 unspecified atom stereocenters. The Balaban J connectivity index is 2.70. The van der Waals surface area contributed by atoms with Gasteiger partial charge in [-0.25, -0.2) is 8.78 Å². The van der Waals surface area contributed by atoms with Crippen molar-refractivity contribution in [2.45, 2.75) is 19.1 Å². The van der Waals surface area contributed by atoms with Crippen molar-refractivity contribution in [3.05, 3.63) is 35.4 Å². The zero-order valence-corrected chi connectivity index (χ0v) is 10.9. The van der Waals surface area contributed by atoms with Crippen molar-refractivity contribution in [2.75, 3.05) is 27.3 Å². The van der Waals surface area contributed by atoms with Crippen LogP contribution in [-0.4, -0.2) is 43.4 Å². The first-order valence-corrected chi connectivity index (χ1v) is 5.78. The van der Waals surface area contributed by atoms with Crippen molar-refractivity contribution in [1.29, 1.82) is 0 Å². The first-order valence-electron chi connectivity index (χ1n) is 5.78. The predicted octanol–water partition coefficient (Wildman–Crippen LogP) is 1.96. The van der Waals surface area contributed by atoms with Gasteiger partial charge in [-0.2, -0.15) is 0 Å². The van der Waals surface area contributed by atoms with E-state index in [-0.39, 0.29) is 18.2 Å². The predicted molar refractivity (Wildman–Crippen MR) is 65.3 cm³/mol. The molecule has 0 amide bonds. The Morgan fingerprint density at radius 1 is 1.39 bits per heavy atom. The number of likely N-dealkylation sites (N-methyl/N-ethyl adjacent to an activating group) is 1. The summed E-state index contributed by atoms with van der Waals surface area (Å²) in [7, 11) is 3.39. The van der Waals surface area contributed by atoms with Gasteiger partial charge in [0.15, 0.2) is 11.6 Å². The molecule has 1 aromatic rings. The molecule has 0 aromatic heterocycles. The average Bonchev–Trinajstić information content (AvgIpc) is 2.32. The van der Waals surface area contributed by atoms with Gasteiger partial charge in [-0.3, -0.25) is 4.90 Å². The van der Waals surface area contributed by atoms with Gasteiger partial charge >= 0.3 is 0 Å². The van der Waals surface area contributed by atoms with Crippen molar-refractivity contribution < 1.29 is 18.6 Å². The van der Waals surface area contributed by atoms with Crippen LogP contribution < -0.4 is 0 Å². The third-order valence-corrected chi connectivity index (χ3v) is 2.96. The van der Waals surface area contributed by atoms with E-state index < -0.39 is 17.7 Å². The van der Waals surface area contributed by atoms with Gasteiger partial charge in [0.25, 0.3) is 0 Å². The van der Waals surface area contributed by atoms with Crippen molar-refractivity contribution in [2.24, 2.45) is 0 Å². The number of aliphatic hydroxyl groups excluding tert-OH is 1. The normalized spacial score (nSPS) is 14.8. The summed E-state index contributed by atoms with van der Waals surface area (Å²) in [5.74, 6) is -1.93. The van der Waals surface area contributed by atoms with Gasteiger partial charge in [0.2, 0.25) is 0 Å². The van der Waals surface area contributed by atoms with Crippen LogP contribution in [0, 0.1) is 11.6 Å². The summed E-state index contributed by atoms with van der Waals surface area (Å²) in [6.07, 6.45) is -1.06. The summed E-state index contributed by atoms with van der Waals surface area (Å²) in [4.78, 5) is 1.83. The molecule has 0 bridgehead atoms. The monoisotopic (exact) mass is 259 g/mol. The Morgan fingerprint density at radius 2 is 2.06 bits per heavy atom. The Morgan fingerprint density at radius 3 is 2.67 bits per heavy atom. The smallest absolute Gasteiger partial charge is 0.164 e. The third-order valence-electron chi connectivity index (χ3n) is 2.96. The van der Waals surface area contributed by atoms with E-state index in [2.05, 4.69) is 0 Å². The number of hydrogen-bond acceptors (Lipinski definition) is 3. The number of halogens is 2. The maximum atomic E-state index is 13.5. The summed E-state index contributed by atoms with van der Waals surface area (Å²) >= 11 is 0. The topological polar surface area (TPSA) is 32.7 Å². The number of methoxy groups -OCH3 is 1. The summed E-state index contributed by atoms with van der Waals surface area (Å²) in [6.45, 7) is 2.65. The van der Waals surface area contributed by atoms with Gasteiger partial charge in [0, 0.05) is 25.3 Å². The molecular formula is C13H19F2NO2. The lowest BCUT2D eigenvalue weighted by atomic mass is 10.1. The van der Waals surface area contributed by atoms with E-state index in [4.69, 9.17) is 4.74 Å². The first-order chi connectivity index (χ1) is 8.47. The number of hydrogen-bond donors (Lipinski definition) is 1. The minimum atomic E-state index is -1.06. The lowest BCUT2D eigenvalue weighted by Gasteiger charge is -2.26. The molecule has 18 heavy (non-hydrogen) atoms. The van der Waals surface area contributed by atoms with Crippen molar-refractivity contribution in [3.8, 4) is 0 Å². The summed E-state index contributed by atoms with van der Waals surface area (Å²) < 4.78 is 31.5. The lowest BCUT2D eigenvalue weighted by Crippen LogP contribution is -2.36. The number of nitrogens with zero attached hydrogens (tertiary/aromatic N) is 1. The lowest BCUT2D eigenvalue weighted by molar-refractivity contribution is 0.0691. The third kappa shape index (κ3) is 3.73. The second-order valence-corrected chi connectivity index (χ2v) is 4.40. The second-order valence-electron chi connectivity index (χ2n) is 4.40. The van der Waals surface area contributed by atoms with Crippen LogP contribution in [0.25, 0.3) is 0 Å². The van der Waals surface area contributed by atoms with Crippen LogP contribution in [0.1, 0.15) is 18.6 Å². The number of ether oxygens (including phenoxy) is 1. The van der Waals surface area contributed by atoms with Gasteiger partial charge in [-0.1, -0.05) is 12.1 Å². The largest absolute Gasteiger partial charge is 0.387 e. The second kappa shape index (κ2) is 6.78. The molecule has 1 aromatic carbocycles. The van der Waals surface area contributed by atoms with Gasteiger partial charge in [0.05, 0.1) is 12.7 Å². The Bertz CT molecular complexity index is 387. The highest BCUT2D eigenvalue weighted by Crippen LogP contribution is 2.20. The summed E-state index contributed by atoms with van der Waals surface area (Å²) in [6, 6.07) is 3.89. The van der Waals surface area contributed by atoms with Gasteiger partial charge < -0.3 is 9.84 Å². The molecule has 102 valence electrons. The van der Waals surface area contributed by atoms with Crippen LogP contribution in [0.5, 0.6) is 0 Å². The fourth-order valence-corrected chi connectivity index (χ4v) is 1.70. The highest BCUT2D eigenvalue weighted by Gasteiger charge is 2.19. The molecule has 0 saturated heterocycles. The molecule has 1 rings (SSSR count). The van der Waals surface area contributed by atoms with Crippen LogP contribution in [0.3, 0.4) is 0 Å². The zero-order chi connectivity index (χ0) is 13.7. The van der Waals surface area contributed by atoms with Crippen molar-refractivity contribution in [3.63, 3.8) is 0 Å². The molecule has 0 aliphatic rings. The number of aliphatic hydroxyl groups is 1. The number of rotatable bonds is 6. The van der Waals surface area contributed by atoms with Crippen LogP contribution in [0.4, 0.5) is 8.78 Å². The SMILES string of the molecule is COCC(C)N(C)CC(O)c1cccc(F)c1F. The minimum Gasteiger partial charge on any atom is -0.387 e. The van der Waals surface area contributed by atoms with Crippen LogP contribution in [-0.2, 0) is 4.74 Å². The molecule has 0 fully saturated rings. The molecule has 5 heteroatoms. The van der Waals surface area contributed by atoms with Crippen LogP contribution in [0.15, 0.2) is 18.2 Å². The fourth-order valence-electron chi connectivity index (χ4n) is 1.70. The van der Waals surface area contributed by atoms with Crippen molar-refractivity contribution >= 4 is 0 Å². The zero-order valence-electron chi connectivity index (χ0n) is 10.9.